The Morgan fingerprint density at radius 2 is 1.89 bits per heavy atom. The van der Waals surface area contributed by atoms with Crippen LogP contribution in [0.15, 0.2) is 53.9 Å². The van der Waals surface area contributed by atoms with Crippen molar-refractivity contribution >= 4 is 17.7 Å². The quantitative estimate of drug-likeness (QED) is 0.638. The first-order valence-electron chi connectivity index (χ1n) is 9.12. The first-order valence-corrected chi connectivity index (χ1v) is 10.1. The average Bonchev–Trinajstić information content (AvgIpc) is 3.42. The fraction of sp³-hybridized carbons (Fsp3) is 0.300. The fourth-order valence-electron chi connectivity index (χ4n) is 2.79. The van der Waals surface area contributed by atoms with E-state index >= 15 is 0 Å². The van der Waals surface area contributed by atoms with Crippen LogP contribution in [-0.4, -0.2) is 37.5 Å². The van der Waals surface area contributed by atoms with Crippen molar-refractivity contribution in [3.05, 3.63) is 54.4 Å². The molecule has 0 spiro atoms. The first-order chi connectivity index (χ1) is 13.2. The van der Waals surface area contributed by atoms with Crippen LogP contribution in [0.25, 0.3) is 17.1 Å². The van der Waals surface area contributed by atoms with Crippen molar-refractivity contribution in [3.8, 4) is 17.1 Å². The number of nitrogens with one attached hydrogen (secondary N) is 1. The first kappa shape index (κ1) is 17.7. The lowest BCUT2D eigenvalue weighted by Crippen LogP contribution is -2.27. The number of amides is 1. The number of benzene rings is 1. The molecule has 3 aromatic rings. The van der Waals surface area contributed by atoms with Gasteiger partial charge in [0.15, 0.2) is 11.0 Å². The van der Waals surface area contributed by atoms with Crippen LogP contribution in [0.2, 0.25) is 0 Å². The van der Waals surface area contributed by atoms with Gasteiger partial charge >= 0.3 is 0 Å². The normalized spacial score (nSPS) is 13.5. The molecule has 0 radical (unpaired) electrons. The molecule has 0 atom stereocenters. The minimum absolute atomic E-state index is 0.0452. The minimum Gasteiger partial charge on any atom is -0.353 e. The summed E-state index contributed by atoms with van der Waals surface area (Å²) in [7, 11) is 0. The molecule has 0 bridgehead atoms. The van der Waals surface area contributed by atoms with Crippen molar-refractivity contribution in [2.45, 2.75) is 37.4 Å². The maximum absolute atomic E-state index is 12.1. The maximum Gasteiger partial charge on any atom is 0.230 e. The number of hydrogen-bond donors (Lipinski definition) is 1. The second-order valence-electron chi connectivity index (χ2n) is 6.53. The number of aromatic nitrogens is 4. The monoisotopic (exact) mass is 379 g/mol. The van der Waals surface area contributed by atoms with E-state index in [9.17, 15) is 4.79 Å². The van der Waals surface area contributed by atoms with E-state index < -0.39 is 0 Å². The SMILES string of the molecule is CCc1ccc(-n2c(SCC(=O)NC3CC3)nnc2-c2ccncc2)cc1. The lowest BCUT2D eigenvalue weighted by atomic mass is 10.1. The van der Waals surface area contributed by atoms with Crippen LogP contribution >= 0.6 is 11.8 Å². The number of thioether (sulfide) groups is 1. The highest BCUT2D eigenvalue weighted by molar-refractivity contribution is 7.99. The van der Waals surface area contributed by atoms with Crippen LogP contribution in [0.3, 0.4) is 0 Å². The molecule has 27 heavy (non-hydrogen) atoms. The lowest BCUT2D eigenvalue weighted by Gasteiger charge is -2.11. The Morgan fingerprint density at radius 1 is 1.15 bits per heavy atom. The summed E-state index contributed by atoms with van der Waals surface area (Å²) in [6, 6.07) is 12.6. The smallest absolute Gasteiger partial charge is 0.230 e. The summed E-state index contributed by atoms with van der Waals surface area (Å²) >= 11 is 1.41. The fourth-order valence-corrected chi connectivity index (χ4v) is 3.56. The molecular weight excluding hydrogens is 358 g/mol. The number of aryl methyl sites for hydroxylation is 1. The van der Waals surface area contributed by atoms with E-state index in [0.717, 1.165) is 36.3 Å². The number of nitrogens with zero attached hydrogens (tertiary/aromatic N) is 4. The van der Waals surface area contributed by atoms with Gasteiger partial charge in [-0.15, -0.1) is 10.2 Å². The van der Waals surface area contributed by atoms with Crippen LogP contribution in [0, 0.1) is 0 Å². The van der Waals surface area contributed by atoms with E-state index in [0.29, 0.717) is 17.0 Å². The summed E-state index contributed by atoms with van der Waals surface area (Å²) in [5, 5.41) is 12.5. The summed E-state index contributed by atoms with van der Waals surface area (Å²) in [5.41, 5.74) is 3.19. The highest BCUT2D eigenvalue weighted by Crippen LogP contribution is 2.28. The third-order valence-corrected chi connectivity index (χ3v) is 5.38. The van der Waals surface area contributed by atoms with Gasteiger partial charge < -0.3 is 5.32 Å². The molecule has 4 rings (SSSR count). The third kappa shape index (κ3) is 4.19. The number of pyridine rings is 1. The summed E-state index contributed by atoms with van der Waals surface area (Å²) in [6.45, 7) is 2.13. The van der Waals surface area contributed by atoms with Crippen LogP contribution < -0.4 is 5.32 Å². The Balaban J connectivity index is 1.65. The molecule has 2 heterocycles. The Morgan fingerprint density at radius 3 is 2.56 bits per heavy atom. The van der Waals surface area contributed by atoms with Gasteiger partial charge in [-0.3, -0.25) is 14.3 Å². The van der Waals surface area contributed by atoms with Crippen molar-refractivity contribution in [2.24, 2.45) is 0 Å². The predicted octanol–water partition coefficient (Wildman–Crippen LogP) is 3.26. The zero-order valence-corrected chi connectivity index (χ0v) is 15.9. The van der Waals surface area contributed by atoms with Crippen molar-refractivity contribution in [2.75, 3.05) is 5.75 Å². The molecule has 7 heteroatoms. The molecule has 1 aromatic carbocycles. The number of rotatable bonds is 7. The molecule has 6 nitrogen and oxygen atoms in total. The second kappa shape index (κ2) is 7.92. The predicted molar refractivity (Wildman–Crippen MR) is 106 cm³/mol. The number of carbonyl (C=O) groups is 1. The topological polar surface area (TPSA) is 72.7 Å². The van der Waals surface area contributed by atoms with Crippen molar-refractivity contribution < 1.29 is 4.79 Å². The molecule has 1 fully saturated rings. The van der Waals surface area contributed by atoms with Crippen molar-refractivity contribution in [1.82, 2.24) is 25.1 Å². The zero-order valence-electron chi connectivity index (χ0n) is 15.1. The molecule has 0 saturated heterocycles. The van der Waals surface area contributed by atoms with Gasteiger partial charge in [-0.25, -0.2) is 0 Å². The van der Waals surface area contributed by atoms with E-state index in [2.05, 4.69) is 51.7 Å². The molecule has 1 N–H and O–H groups in total. The van der Waals surface area contributed by atoms with Crippen LogP contribution in [-0.2, 0) is 11.2 Å². The van der Waals surface area contributed by atoms with Crippen LogP contribution in [0.1, 0.15) is 25.3 Å². The van der Waals surface area contributed by atoms with Crippen molar-refractivity contribution in [1.29, 1.82) is 0 Å². The van der Waals surface area contributed by atoms with Crippen molar-refractivity contribution in [3.63, 3.8) is 0 Å². The van der Waals surface area contributed by atoms with E-state index in [1.165, 1.54) is 17.3 Å². The molecule has 1 aliphatic rings. The van der Waals surface area contributed by atoms with Gasteiger partial charge in [0.25, 0.3) is 0 Å². The lowest BCUT2D eigenvalue weighted by molar-refractivity contribution is -0.118. The van der Waals surface area contributed by atoms with E-state index in [1.54, 1.807) is 12.4 Å². The van der Waals surface area contributed by atoms with Gasteiger partial charge in [0.05, 0.1) is 5.75 Å². The van der Waals surface area contributed by atoms with E-state index in [1.807, 2.05) is 16.7 Å². The molecule has 2 aromatic heterocycles. The van der Waals surface area contributed by atoms with Crippen LogP contribution in [0.4, 0.5) is 0 Å². The summed E-state index contributed by atoms with van der Waals surface area (Å²) < 4.78 is 2.00. The maximum atomic E-state index is 12.1. The second-order valence-corrected chi connectivity index (χ2v) is 7.47. The van der Waals surface area contributed by atoms with Gasteiger partial charge in [0, 0.05) is 29.7 Å². The van der Waals surface area contributed by atoms with Gasteiger partial charge in [-0.2, -0.15) is 0 Å². The van der Waals surface area contributed by atoms with E-state index in [4.69, 9.17) is 0 Å². The molecule has 1 amide bonds. The Bertz CT molecular complexity index is 919. The van der Waals surface area contributed by atoms with Gasteiger partial charge in [-0.05, 0) is 49.1 Å². The zero-order chi connectivity index (χ0) is 18.6. The Labute approximate surface area is 162 Å². The highest BCUT2D eigenvalue weighted by atomic mass is 32.2. The third-order valence-electron chi connectivity index (χ3n) is 4.45. The summed E-state index contributed by atoms with van der Waals surface area (Å²) in [5.74, 6) is 1.12. The van der Waals surface area contributed by atoms with Gasteiger partial charge in [0.2, 0.25) is 5.91 Å². The summed E-state index contributed by atoms with van der Waals surface area (Å²) in [6.07, 6.45) is 6.64. The largest absolute Gasteiger partial charge is 0.353 e. The van der Waals surface area contributed by atoms with Gasteiger partial charge in [0.1, 0.15) is 0 Å². The average molecular weight is 379 g/mol. The highest BCUT2D eigenvalue weighted by Gasteiger charge is 2.24. The number of hydrogen-bond acceptors (Lipinski definition) is 5. The molecule has 0 unspecified atom stereocenters. The molecule has 138 valence electrons. The Hall–Kier alpha value is -2.67. The molecule has 1 aliphatic carbocycles. The number of carbonyl (C=O) groups excluding carboxylic acids is 1. The molecule has 0 aliphatic heterocycles. The Kier molecular flexibility index (Phi) is 5.20. The molecule has 1 saturated carbocycles. The molecular formula is C20H21N5OS. The van der Waals surface area contributed by atoms with Gasteiger partial charge in [-0.1, -0.05) is 30.8 Å². The minimum atomic E-state index is 0.0452. The van der Waals surface area contributed by atoms with E-state index in [-0.39, 0.29) is 5.91 Å². The standard InChI is InChI=1S/C20H21N5OS/c1-2-14-3-7-17(8-4-14)25-19(15-9-11-21-12-10-15)23-24-20(25)27-13-18(26)22-16-5-6-16/h3-4,7-12,16H,2,5-6,13H2,1H3,(H,22,26). The van der Waals surface area contributed by atoms with Crippen LogP contribution in [0.5, 0.6) is 0 Å². The summed E-state index contributed by atoms with van der Waals surface area (Å²) in [4.78, 5) is 16.2.